The summed E-state index contributed by atoms with van der Waals surface area (Å²) >= 11 is 0. The quantitative estimate of drug-likeness (QED) is 0.0222. The molecule has 1 aliphatic rings. The Morgan fingerprint density at radius 3 is 1.76 bits per heavy atom. The predicted octanol–water partition coefficient (Wildman–Crippen LogP) is 7.57. The summed E-state index contributed by atoms with van der Waals surface area (Å²) in [4.78, 5) is 12.7. The first-order valence-corrected chi connectivity index (χ1v) is 21.6. The number of esters is 1. The molecule has 0 spiro atoms. The SMILES string of the molecule is CC/C=C\C/C=C\C/C=C\C/C=C\C/C=C\C/C=C\CCCOCC(COC1OC(CO)C(O)C(OS(=O)(=O)O)C1O)OC(=O)CCCCCCCCCC. The normalized spacial score (nSPS) is 21.7. The number of carbonyl (C=O) groups excluding carboxylic acids is 1. The lowest BCUT2D eigenvalue weighted by Gasteiger charge is -2.41. The Balaban J connectivity index is 2.49. The summed E-state index contributed by atoms with van der Waals surface area (Å²) in [7, 11) is -5.07. The van der Waals surface area contributed by atoms with Gasteiger partial charge in [-0.2, -0.15) is 8.42 Å². The first-order chi connectivity index (χ1) is 26.6. The highest BCUT2D eigenvalue weighted by molar-refractivity contribution is 7.80. The molecule has 6 unspecified atom stereocenters. The van der Waals surface area contributed by atoms with Gasteiger partial charge in [-0.25, -0.2) is 4.18 Å². The Hall–Kier alpha value is -2.46. The van der Waals surface area contributed by atoms with Gasteiger partial charge in [0.05, 0.1) is 19.8 Å². The van der Waals surface area contributed by atoms with Crippen LogP contribution in [0.3, 0.4) is 0 Å². The molecule has 316 valence electrons. The van der Waals surface area contributed by atoms with E-state index in [4.69, 9.17) is 23.5 Å². The molecule has 13 heteroatoms. The molecule has 0 radical (unpaired) electrons. The summed E-state index contributed by atoms with van der Waals surface area (Å²) in [5, 5.41) is 30.5. The van der Waals surface area contributed by atoms with Gasteiger partial charge < -0.3 is 34.3 Å². The third-order valence-corrected chi connectivity index (χ3v) is 9.06. The molecule has 0 aromatic heterocycles. The molecule has 1 aliphatic heterocycles. The summed E-state index contributed by atoms with van der Waals surface area (Å²) < 4.78 is 58.6. The number of unbranched alkanes of at least 4 members (excludes halogenated alkanes) is 8. The van der Waals surface area contributed by atoms with E-state index in [0.29, 0.717) is 13.0 Å². The van der Waals surface area contributed by atoms with Crippen molar-refractivity contribution in [1.82, 2.24) is 0 Å². The Morgan fingerprint density at radius 1 is 0.709 bits per heavy atom. The van der Waals surface area contributed by atoms with Gasteiger partial charge in [-0.15, -0.1) is 0 Å². The maximum absolute atomic E-state index is 12.7. The van der Waals surface area contributed by atoms with E-state index < -0.39 is 59.8 Å². The topological polar surface area (TPSA) is 178 Å². The van der Waals surface area contributed by atoms with E-state index >= 15 is 0 Å². The van der Waals surface area contributed by atoms with Crippen molar-refractivity contribution in [3.63, 3.8) is 0 Å². The Labute approximate surface area is 331 Å². The lowest BCUT2D eigenvalue weighted by atomic mass is 9.99. The van der Waals surface area contributed by atoms with Crippen molar-refractivity contribution in [2.24, 2.45) is 0 Å². The maximum atomic E-state index is 12.7. The van der Waals surface area contributed by atoms with Crippen molar-refractivity contribution in [2.45, 2.75) is 160 Å². The molecular weight excluding hydrogens is 729 g/mol. The highest BCUT2D eigenvalue weighted by Crippen LogP contribution is 2.26. The Morgan fingerprint density at radius 2 is 1.24 bits per heavy atom. The van der Waals surface area contributed by atoms with Crippen LogP contribution in [0.5, 0.6) is 0 Å². The van der Waals surface area contributed by atoms with E-state index in [0.717, 1.165) is 70.6 Å². The van der Waals surface area contributed by atoms with Crippen LogP contribution in [0, 0.1) is 0 Å². The van der Waals surface area contributed by atoms with Crippen LogP contribution in [0.4, 0.5) is 0 Å². The third-order valence-electron chi connectivity index (χ3n) is 8.59. The average Bonchev–Trinajstić information content (AvgIpc) is 3.15. The van der Waals surface area contributed by atoms with Crippen LogP contribution in [0.15, 0.2) is 72.9 Å². The summed E-state index contributed by atoms with van der Waals surface area (Å²) in [5.41, 5.74) is 0. The fraction of sp³-hybridized carbons (Fsp3) is 0.690. The van der Waals surface area contributed by atoms with Crippen LogP contribution >= 0.6 is 0 Å². The molecule has 1 rings (SSSR count). The maximum Gasteiger partial charge on any atom is 0.397 e. The van der Waals surface area contributed by atoms with Crippen molar-refractivity contribution < 1.29 is 56.2 Å². The first kappa shape index (κ1) is 50.6. The molecule has 6 atom stereocenters. The summed E-state index contributed by atoms with van der Waals surface area (Å²) in [6, 6.07) is 0. The van der Waals surface area contributed by atoms with Gasteiger partial charge in [0.1, 0.15) is 30.5 Å². The van der Waals surface area contributed by atoms with Crippen molar-refractivity contribution in [1.29, 1.82) is 0 Å². The molecule has 0 bridgehead atoms. The number of aliphatic hydroxyl groups is 3. The average molecular weight is 799 g/mol. The monoisotopic (exact) mass is 798 g/mol. The lowest BCUT2D eigenvalue weighted by Crippen LogP contribution is -2.60. The second kappa shape index (κ2) is 33.7. The standard InChI is InChI=1S/C42H70O12S/c1-3-5-7-9-11-13-14-15-16-17-18-19-20-21-22-23-24-26-28-30-32-50-34-36(52-38(44)31-29-27-25-12-10-8-6-4-2)35-51-42-40(46)41(54-55(47,48)49)39(45)37(33-43)53-42/h5,7,11,13,15-16,18-19,21-22,24,26,36-37,39-43,45-46H,3-4,6,8-10,12,14,17,20,23,25,27-35H2,1-2H3,(H,47,48,49)/b7-5-,13-11-,16-15-,19-18-,22-21-,26-24-. The van der Waals surface area contributed by atoms with Gasteiger partial charge in [-0.1, -0.05) is 132 Å². The molecule has 1 fully saturated rings. The van der Waals surface area contributed by atoms with Crippen LogP contribution in [-0.4, -0.2) is 97.5 Å². The fourth-order valence-electron chi connectivity index (χ4n) is 5.57. The van der Waals surface area contributed by atoms with Gasteiger partial charge in [0.2, 0.25) is 0 Å². The van der Waals surface area contributed by atoms with Crippen molar-refractivity contribution in [3.05, 3.63) is 72.9 Å². The van der Waals surface area contributed by atoms with E-state index in [2.05, 4.69) is 90.9 Å². The summed E-state index contributed by atoms with van der Waals surface area (Å²) in [6.07, 6.45) is 32.6. The minimum atomic E-state index is -5.07. The van der Waals surface area contributed by atoms with Gasteiger partial charge in [0.15, 0.2) is 6.29 Å². The number of carbonyl (C=O) groups is 1. The van der Waals surface area contributed by atoms with Crippen molar-refractivity contribution in [2.75, 3.05) is 26.4 Å². The van der Waals surface area contributed by atoms with Crippen LogP contribution in [-0.2, 0) is 38.3 Å². The zero-order valence-corrected chi connectivity index (χ0v) is 34.0. The molecule has 1 heterocycles. The van der Waals surface area contributed by atoms with E-state index in [9.17, 15) is 28.5 Å². The van der Waals surface area contributed by atoms with Gasteiger partial charge in [0, 0.05) is 13.0 Å². The number of allylic oxidation sites excluding steroid dienone is 12. The largest absolute Gasteiger partial charge is 0.457 e. The molecule has 55 heavy (non-hydrogen) atoms. The van der Waals surface area contributed by atoms with Crippen molar-refractivity contribution in [3.8, 4) is 0 Å². The minimum Gasteiger partial charge on any atom is -0.457 e. The number of ether oxygens (including phenoxy) is 4. The van der Waals surface area contributed by atoms with E-state index in [1.807, 2.05) is 0 Å². The molecule has 0 saturated carbocycles. The second-order valence-electron chi connectivity index (χ2n) is 13.5. The van der Waals surface area contributed by atoms with Crippen molar-refractivity contribution >= 4 is 16.4 Å². The highest BCUT2D eigenvalue weighted by atomic mass is 32.3. The summed E-state index contributed by atoms with van der Waals surface area (Å²) in [6.45, 7) is 3.65. The molecular formula is C42H70O12S. The Bertz CT molecular complexity index is 1240. The van der Waals surface area contributed by atoms with Gasteiger partial charge in [0.25, 0.3) is 0 Å². The first-order valence-electron chi connectivity index (χ1n) is 20.2. The number of hydrogen-bond acceptors (Lipinski definition) is 11. The number of rotatable bonds is 33. The molecule has 12 nitrogen and oxygen atoms in total. The zero-order valence-electron chi connectivity index (χ0n) is 33.2. The van der Waals surface area contributed by atoms with E-state index in [1.54, 1.807) is 0 Å². The molecule has 4 N–H and O–H groups in total. The molecule has 0 aromatic carbocycles. The molecule has 1 saturated heterocycles. The highest BCUT2D eigenvalue weighted by Gasteiger charge is 2.48. The summed E-state index contributed by atoms with van der Waals surface area (Å²) in [5.74, 6) is -0.428. The predicted molar refractivity (Wildman–Crippen MR) is 216 cm³/mol. The van der Waals surface area contributed by atoms with Gasteiger partial charge >= 0.3 is 16.4 Å². The zero-order chi connectivity index (χ0) is 40.4. The smallest absolute Gasteiger partial charge is 0.397 e. The number of hydrogen-bond donors (Lipinski definition) is 4. The lowest BCUT2D eigenvalue weighted by molar-refractivity contribution is -0.301. The van der Waals surface area contributed by atoms with Gasteiger partial charge in [-0.05, 0) is 57.8 Å². The van der Waals surface area contributed by atoms with Crippen LogP contribution < -0.4 is 0 Å². The fourth-order valence-corrected chi connectivity index (χ4v) is 6.08. The van der Waals surface area contributed by atoms with E-state index in [1.165, 1.54) is 25.7 Å². The second-order valence-corrected chi connectivity index (χ2v) is 14.5. The van der Waals surface area contributed by atoms with Crippen LogP contribution in [0.2, 0.25) is 0 Å². The molecule has 0 amide bonds. The van der Waals surface area contributed by atoms with E-state index in [-0.39, 0.29) is 19.6 Å². The van der Waals surface area contributed by atoms with Crippen LogP contribution in [0.25, 0.3) is 0 Å². The van der Waals surface area contributed by atoms with Crippen LogP contribution in [0.1, 0.15) is 123 Å². The molecule has 0 aromatic rings. The van der Waals surface area contributed by atoms with Gasteiger partial charge in [-0.3, -0.25) is 9.35 Å². The third kappa shape index (κ3) is 27.7. The molecule has 0 aliphatic carbocycles. The Kier molecular flexibility index (Phi) is 30.9. The number of aliphatic hydroxyl groups excluding tert-OH is 3. The minimum absolute atomic E-state index is 0.00721.